The van der Waals surface area contributed by atoms with Crippen LogP contribution in [0.25, 0.3) is 5.65 Å². The van der Waals surface area contributed by atoms with Gasteiger partial charge in [0.15, 0.2) is 5.65 Å². The number of anilines is 1. The van der Waals surface area contributed by atoms with Gasteiger partial charge >= 0.3 is 0 Å². The lowest BCUT2D eigenvalue weighted by Gasteiger charge is -2.09. The van der Waals surface area contributed by atoms with Gasteiger partial charge in [-0.15, -0.1) is 0 Å². The zero-order valence-electron chi connectivity index (χ0n) is 10.2. The third kappa shape index (κ3) is 1.88. The molecule has 0 bridgehead atoms. The van der Waals surface area contributed by atoms with Crippen LogP contribution in [0.4, 0.5) is 5.82 Å². The lowest BCUT2D eigenvalue weighted by atomic mass is 10.0. The molecule has 0 saturated heterocycles. The molecule has 2 N–H and O–H groups in total. The van der Waals surface area contributed by atoms with Crippen LogP contribution < -0.4 is 5.73 Å². The van der Waals surface area contributed by atoms with E-state index in [4.69, 9.17) is 5.73 Å². The molecule has 1 aliphatic rings. The maximum Gasteiger partial charge on any atom is 0.160 e. The van der Waals surface area contributed by atoms with Crippen LogP contribution in [0.1, 0.15) is 36.9 Å². The first-order valence-electron chi connectivity index (χ1n) is 6.34. The van der Waals surface area contributed by atoms with Gasteiger partial charge in [0.2, 0.25) is 0 Å². The van der Waals surface area contributed by atoms with Gasteiger partial charge in [-0.05, 0) is 19.3 Å². The first-order valence-corrected chi connectivity index (χ1v) is 6.34. The van der Waals surface area contributed by atoms with Crippen molar-refractivity contribution in [3.8, 4) is 0 Å². The molecule has 4 nitrogen and oxygen atoms in total. The molecule has 90 valence electrons. The Bertz CT molecular complexity index is 538. The van der Waals surface area contributed by atoms with E-state index in [9.17, 15) is 0 Å². The summed E-state index contributed by atoms with van der Waals surface area (Å²) >= 11 is 0. The zero-order valence-corrected chi connectivity index (χ0v) is 10.2. The van der Waals surface area contributed by atoms with Crippen molar-refractivity contribution in [2.75, 3.05) is 5.73 Å². The number of aryl methyl sites for hydroxylation is 1. The van der Waals surface area contributed by atoms with Gasteiger partial charge in [0.25, 0.3) is 0 Å². The van der Waals surface area contributed by atoms with Crippen LogP contribution in [0.5, 0.6) is 0 Å². The van der Waals surface area contributed by atoms with E-state index in [2.05, 4.69) is 10.1 Å². The molecule has 2 heterocycles. The SMILES string of the molecule is Cc1cnn2c(N)cc(CC3CCCC3)nc12. The van der Waals surface area contributed by atoms with Crippen LogP contribution in [0, 0.1) is 12.8 Å². The van der Waals surface area contributed by atoms with Gasteiger partial charge in [0.1, 0.15) is 5.82 Å². The average Bonchev–Trinajstić information content (AvgIpc) is 2.90. The second-order valence-electron chi connectivity index (χ2n) is 5.09. The summed E-state index contributed by atoms with van der Waals surface area (Å²) < 4.78 is 1.72. The first-order chi connectivity index (χ1) is 8.24. The van der Waals surface area contributed by atoms with Gasteiger partial charge in [-0.25, -0.2) is 4.98 Å². The molecule has 2 aromatic heterocycles. The molecule has 0 spiro atoms. The molecule has 0 radical (unpaired) electrons. The minimum atomic E-state index is 0.691. The average molecular weight is 230 g/mol. The van der Waals surface area contributed by atoms with E-state index < -0.39 is 0 Å². The summed E-state index contributed by atoms with van der Waals surface area (Å²) in [6.07, 6.45) is 8.29. The summed E-state index contributed by atoms with van der Waals surface area (Å²) in [6.45, 7) is 2.02. The summed E-state index contributed by atoms with van der Waals surface area (Å²) in [4.78, 5) is 4.68. The van der Waals surface area contributed by atoms with Gasteiger partial charge in [0.05, 0.1) is 6.20 Å². The largest absolute Gasteiger partial charge is 0.384 e. The minimum absolute atomic E-state index is 0.691. The normalized spacial score (nSPS) is 17.0. The highest BCUT2D eigenvalue weighted by atomic mass is 15.3. The Balaban J connectivity index is 1.96. The fourth-order valence-corrected chi connectivity index (χ4v) is 2.76. The van der Waals surface area contributed by atoms with Gasteiger partial charge in [-0.1, -0.05) is 25.7 Å². The molecule has 0 atom stereocenters. The highest BCUT2D eigenvalue weighted by Crippen LogP contribution is 2.28. The number of fused-ring (bicyclic) bond motifs is 1. The molecular formula is C13H18N4. The van der Waals surface area contributed by atoms with E-state index in [1.54, 1.807) is 4.52 Å². The van der Waals surface area contributed by atoms with Crippen molar-refractivity contribution >= 4 is 11.5 Å². The van der Waals surface area contributed by atoms with Gasteiger partial charge < -0.3 is 5.73 Å². The first kappa shape index (κ1) is 10.6. The number of nitrogens with zero attached hydrogens (tertiary/aromatic N) is 3. The molecule has 2 aromatic rings. The predicted octanol–water partition coefficient (Wildman–Crippen LogP) is 2.35. The van der Waals surface area contributed by atoms with Crippen molar-refractivity contribution in [2.45, 2.75) is 39.0 Å². The van der Waals surface area contributed by atoms with Crippen LogP contribution in [-0.2, 0) is 6.42 Å². The van der Waals surface area contributed by atoms with E-state index in [1.807, 2.05) is 19.2 Å². The number of aromatic nitrogens is 3. The van der Waals surface area contributed by atoms with Gasteiger partial charge in [-0.3, -0.25) is 0 Å². The Labute approximate surface area is 101 Å². The number of hydrogen-bond donors (Lipinski definition) is 1. The number of nitrogens with two attached hydrogens (primary N) is 1. The Morgan fingerprint density at radius 2 is 2.18 bits per heavy atom. The minimum Gasteiger partial charge on any atom is -0.384 e. The van der Waals surface area contributed by atoms with Crippen molar-refractivity contribution in [1.82, 2.24) is 14.6 Å². The summed E-state index contributed by atoms with van der Waals surface area (Å²) in [5.41, 5.74) is 9.11. The smallest absolute Gasteiger partial charge is 0.160 e. The maximum atomic E-state index is 6.01. The Morgan fingerprint density at radius 3 is 2.94 bits per heavy atom. The molecule has 1 saturated carbocycles. The molecule has 0 amide bonds. The van der Waals surface area contributed by atoms with E-state index in [0.717, 1.165) is 29.2 Å². The third-order valence-corrected chi connectivity index (χ3v) is 3.70. The molecule has 1 fully saturated rings. The Morgan fingerprint density at radius 1 is 1.41 bits per heavy atom. The van der Waals surface area contributed by atoms with Crippen LogP contribution in [0.3, 0.4) is 0 Å². The second-order valence-corrected chi connectivity index (χ2v) is 5.09. The number of rotatable bonds is 2. The van der Waals surface area contributed by atoms with E-state index in [1.165, 1.54) is 25.7 Å². The third-order valence-electron chi connectivity index (χ3n) is 3.70. The molecule has 0 unspecified atom stereocenters. The fraction of sp³-hybridized carbons (Fsp3) is 0.538. The number of nitrogen functional groups attached to an aromatic ring is 1. The van der Waals surface area contributed by atoms with Crippen molar-refractivity contribution in [1.29, 1.82) is 0 Å². The van der Waals surface area contributed by atoms with Crippen molar-refractivity contribution in [3.05, 3.63) is 23.5 Å². The Kier molecular flexibility index (Phi) is 2.50. The topological polar surface area (TPSA) is 56.2 Å². The Hall–Kier alpha value is -1.58. The maximum absolute atomic E-state index is 6.01. The van der Waals surface area contributed by atoms with E-state index >= 15 is 0 Å². The molecule has 0 aromatic carbocycles. The van der Waals surface area contributed by atoms with E-state index in [0.29, 0.717) is 5.82 Å². The number of hydrogen-bond acceptors (Lipinski definition) is 3. The lowest BCUT2D eigenvalue weighted by Crippen LogP contribution is -2.06. The highest BCUT2D eigenvalue weighted by molar-refractivity contribution is 5.52. The molecule has 4 heteroatoms. The summed E-state index contributed by atoms with van der Waals surface area (Å²) in [6, 6.07) is 1.97. The molecule has 17 heavy (non-hydrogen) atoms. The molecule has 0 aliphatic heterocycles. The summed E-state index contributed by atoms with van der Waals surface area (Å²) in [5.74, 6) is 1.49. The predicted molar refractivity (Wildman–Crippen MR) is 67.8 cm³/mol. The second kappa shape index (κ2) is 4.02. The lowest BCUT2D eigenvalue weighted by molar-refractivity contribution is 0.539. The molecule has 3 rings (SSSR count). The van der Waals surface area contributed by atoms with Gasteiger partial charge in [-0.2, -0.15) is 9.61 Å². The molecule has 1 aliphatic carbocycles. The zero-order chi connectivity index (χ0) is 11.8. The van der Waals surface area contributed by atoms with Crippen LogP contribution in [-0.4, -0.2) is 14.6 Å². The quantitative estimate of drug-likeness (QED) is 0.861. The van der Waals surface area contributed by atoms with Crippen molar-refractivity contribution in [2.24, 2.45) is 5.92 Å². The summed E-state index contributed by atoms with van der Waals surface area (Å²) in [7, 11) is 0. The van der Waals surface area contributed by atoms with Gasteiger partial charge in [0, 0.05) is 17.3 Å². The van der Waals surface area contributed by atoms with Crippen molar-refractivity contribution < 1.29 is 0 Å². The van der Waals surface area contributed by atoms with Crippen LogP contribution in [0.15, 0.2) is 12.3 Å². The fourth-order valence-electron chi connectivity index (χ4n) is 2.76. The van der Waals surface area contributed by atoms with Crippen LogP contribution in [0.2, 0.25) is 0 Å². The van der Waals surface area contributed by atoms with Crippen LogP contribution >= 0.6 is 0 Å². The highest BCUT2D eigenvalue weighted by Gasteiger charge is 2.17. The standard InChI is InChI=1S/C13H18N4/c1-9-8-15-17-12(14)7-11(16-13(9)17)6-10-4-2-3-5-10/h7-8,10H,2-6,14H2,1H3. The molecular weight excluding hydrogens is 212 g/mol. The monoisotopic (exact) mass is 230 g/mol. The van der Waals surface area contributed by atoms with Crippen molar-refractivity contribution in [3.63, 3.8) is 0 Å². The van der Waals surface area contributed by atoms with E-state index in [-0.39, 0.29) is 0 Å². The summed E-state index contributed by atoms with van der Waals surface area (Å²) in [5, 5.41) is 4.22.